The number of fused-ring (bicyclic) bond motifs is 1. The average Bonchev–Trinajstić information content (AvgIpc) is 3.12. The minimum Gasteiger partial charge on any atom is -0.379 e. The molecule has 0 aromatic heterocycles. The first-order chi connectivity index (χ1) is 9.93. The van der Waals surface area contributed by atoms with E-state index < -0.39 is 0 Å². The van der Waals surface area contributed by atoms with Gasteiger partial charge < -0.3 is 14.8 Å². The number of aryl methyl sites for hydroxylation is 1. The highest BCUT2D eigenvalue weighted by molar-refractivity contribution is 5.34. The summed E-state index contributed by atoms with van der Waals surface area (Å²) in [6, 6.07) is 9.34. The van der Waals surface area contributed by atoms with Crippen LogP contribution in [0.2, 0.25) is 0 Å². The normalized spacial score (nSPS) is 25.0. The SMILES string of the molecule is c1ccc2c(c1)CCC2NCCCOCC1CCCO1. The molecule has 0 saturated carbocycles. The predicted molar refractivity (Wildman–Crippen MR) is 79.9 cm³/mol. The van der Waals surface area contributed by atoms with Gasteiger partial charge in [-0.1, -0.05) is 24.3 Å². The Labute approximate surface area is 121 Å². The smallest absolute Gasteiger partial charge is 0.0809 e. The number of hydrogen-bond acceptors (Lipinski definition) is 3. The van der Waals surface area contributed by atoms with E-state index in [0.717, 1.165) is 39.2 Å². The van der Waals surface area contributed by atoms with E-state index in [-0.39, 0.29) is 0 Å². The second-order valence-electron chi connectivity index (χ2n) is 5.81. The standard InChI is InChI=1S/C17H25NO2/c1-2-7-16-14(5-1)8-9-17(16)18-10-4-11-19-13-15-6-3-12-20-15/h1-2,5,7,15,17-18H,3-4,6,8-13H2. The van der Waals surface area contributed by atoms with E-state index in [1.807, 2.05) is 0 Å². The quantitative estimate of drug-likeness (QED) is 0.776. The molecule has 0 bridgehead atoms. The maximum atomic E-state index is 5.69. The van der Waals surface area contributed by atoms with E-state index in [1.54, 1.807) is 0 Å². The Morgan fingerprint density at radius 2 is 2.20 bits per heavy atom. The van der Waals surface area contributed by atoms with Gasteiger partial charge in [0.1, 0.15) is 0 Å². The van der Waals surface area contributed by atoms with Crippen molar-refractivity contribution in [3.63, 3.8) is 0 Å². The highest BCUT2D eigenvalue weighted by Crippen LogP contribution is 2.30. The first kappa shape index (κ1) is 14.1. The summed E-state index contributed by atoms with van der Waals surface area (Å²) in [5.41, 5.74) is 3.01. The van der Waals surface area contributed by atoms with Crippen molar-refractivity contribution in [3.05, 3.63) is 35.4 Å². The number of hydrogen-bond donors (Lipinski definition) is 1. The first-order valence-electron chi connectivity index (χ1n) is 7.94. The van der Waals surface area contributed by atoms with Crippen LogP contribution in [0.3, 0.4) is 0 Å². The van der Waals surface area contributed by atoms with E-state index in [1.165, 1.54) is 30.4 Å². The molecule has 2 atom stereocenters. The van der Waals surface area contributed by atoms with Gasteiger partial charge in [-0.25, -0.2) is 0 Å². The second kappa shape index (κ2) is 7.21. The lowest BCUT2D eigenvalue weighted by molar-refractivity contribution is 0.0165. The van der Waals surface area contributed by atoms with Gasteiger partial charge in [0.15, 0.2) is 0 Å². The van der Waals surface area contributed by atoms with Crippen LogP contribution < -0.4 is 5.32 Å². The number of rotatable bonds is 7. The van der Waals surface area contributed by atoms with E-state index in [2.05, 4.69) is 29.6 Å². The Morgan fingerprint density at radius 3 is 3.10 bits per heavy atom. The molecule has 1 aromatic carbocycles. The van der Waals surface area contributed by atoms with Gasteiger partial charge in [0, 0.05) is 19.3 Å². The largest absolute Gasteiger partial charge is 0.379 e. The fourth-order valence-electron chi connectivity index (χ4n) is 3.21. The van der Waals surface area contributed by atoms with Gasteiger partial charge in [-0.3, -0.25) is 0 Å². The summed E-state index contributed by atoms with van der Waals surface area (Å²) in [4.78, 5) is 0. The van der Waals surface area contributed by atoms with Crippen molar-refractivity contribution in [2.24, 2.45) is 0 Å². The van der Waals surface area contributed by atoms with Crippen LogP contribution >= 0.6 is 0 Å². The monoisotopic (exact) mass is 275 g/mol. The lowest BCUT2D eigenvalue weighted by Crippen LogP contribution is -2.22. The summed E-state index contributed by atoms with van der Waals surface area (Å²) < 4.78 is 11.2. The van der Waals surface area contributed by atoms with Gasteiger partial charge in [0.25, 0.3) is 0 Å². The third kappa shape index (κ3) is 3.60. The van der Waals surface area contributed by atoms with Gasteiger partial charge in [-0.05, 0) is 49.8 Å². The van der Waals surface area contributed by atoms with Gasteiger partial charge in [0.05, 0.1) is 12.7 Å². The number of benzene rings is 1. The fourth-order valence-corrected chi connectivity index (χ4v) is 3.21. The summed E-state index contributed by atoms with van der Waals surface area (Å²) in [6.45, 7) is 3.55. The Hall–Kier alpha value is -0.900. The molecule has 3 rings (SSSR count). The number of ether oxygens (including phenoxy) is 2. The minimum absolute atomic E-state index is 0.352. The van der Waals surface area contributed by atoms with Crippen molar-refractivity contribution in [1.29, 1.82) is 0 Å². The fraction of sp³-hybridized carbons (Fsp3) is 0.647. The third-order valence-electron chi connectivity index (χ3n) is 4.32. The van der Waals surface area contributed by atoms with Crippen LogP contribution in [-0.2, 0) is 15.9 Å². The second-order valence-corrected chi connectivity index (χ2v) is 5.81. The molecule has 0 amide bonds. The molecule has 1 fully saturated rings. The van der Waals surface area contributed by atoms with E-state index >= 15 is 0 Å². The van der Waals surface area contributed by atoms with Crippen LogP contribution in [0, 0.1) is 0 Å². The molecule has 1 aliphatic carbocycles. The molecule has 1 heterocycles. The van der Waals surface area contributed by atoms with E-state index in [0.29, 0.717) is 12.1 Å². The maximum Gasteiger partial charge on any atom is 0.0809 e. The van der Waals surface area contributed by atoms with Crippen LogP contribution in [-0.4, -0.2) is 32.5 Å². The molecule has 2 unspecified atom stereocenters. The lowest BCUT2D eigenvalue weighted by atomic mass is 10.1. The molecule has 2 aliphatic rings. The Bertz CT molecular complexity index is 415. The minimum atomic E-state index is 0.352. The number of nitrogens with one attached hydrogen (secondary N) is 1. The molecule has 1 aliphatic heterocycles. The van der Waals surface area contributed by atoms with Gasteiger partial charge in [-0.15, -0.1) is 0 Å². The van der Waals surface area contributed by atoms with Crippen LogP contribution in [0.4, 0.5) is 0 Å². The van der Waals surface area contributed by atoms with Crippen LogP contribution in [0.15, 0.2) is 24.3 Å². The van der Waals surface area contributed by atoms with E-state index in [4.69, 9.17) is 9.47 Å². The zero-order valence-electron chi connectivity index (χ0n) is 12.1. The summed E-state index contributed by atoms with van der Waals surface area (Å²) in [5.74, 6) is 0. The van der Waals surface area contributed by atoms with E-state index in [9.17, 15) is 0 Å². The van der Waals surface area contributed by atoms with Crippen molar-refractivity contribution in [3.8, 4) is 0 Å². The molecule has 1 saturated heterocycles. The van der Waals surface area contributed by atoms with Crippen molar-refractivity contribution in [1.82, 2.24) is 5.32 Å². The molecule has 110 valence electrons. The molecule has 3 nitrogen and oxygen atoms in total. The van der Waals surface area contributed by atoms with Crippen LogP contribution in [0.25, 0.3) is 0 Å². The molecule has 0 spiro atoms. The zero-order chi connectivity index (χ0) is 13.6. The molecule has 3 heteroatoms. The highest BCUT2D eigenvalue weighted by Gasteiger charge is 2.20. The third-order valence-corrected chi connectivity index (χ3v) is 4.32. The summed E-state index contributed by atoms with van der Waals surface area (Å²) >= 11 is 0. The molecule has 1 N–H and O–H groups in total. The Kier molecular flexibility index (Phi) is 5.06. The summed E-state index contributed by atoms with van der Waals surface area (Å²) in [5, 5.41) is 3.65. The summed E-state index contributed by atoms with van der Waals surface area (Å²) in [7, 11) is 0. The topological polar surface area (TPSA) is 30.5 Å². The van der Waals surface area contributed by atoms with Crippen molar-refractivity contribution < 1.29 is 9.47 Å². The molecular weight excluding hydrogens is 250 g/mol. The van der Waals surface area contributed by atoms with Crippen molar-refractivity contribution in [2.75, 3.05) is 26.4 Å². The predicted octanol–water partition coefficient (Wildman–Crippen LogP) is 2.85. The molecular formula is C17H25NO2. The maximum absolute atomic E-state index is 5.69. The van der Waals surface area contributed by atoms with Gasteiger partial charge in [-0.2, -0.15) is 0 Å². The van der Waals surface area contributed by atoms with Gasteiger partial charge >= 0.3 is 0 Å². The average molecular weight is 275 g/mol. The molecule has 20 heavy (non-hydrogen) atoms. The van der Waals surface area contributed by atoms with Crippen LogP contribution in [0.1, 0.15) is 42.9 Å². The Balaban J connectivity index is 1.29. The lowest BCUT2D eigenvalue weighted by Gasteiger charge is -2.14. The van der Waals surface area contributed by atoms with Crippen molar-refractivity contribution >= 4 is 0 Å². The highest BCUT2D eigenvalue weighted by atomic mass is 16.5. The zero-order valence-corrected chi connectivity index (χ0v) is 12.1. The molecule has 0 radical (unpaired) electrons. The first-order valence-corrected chi connectivity index (χ1v) is 7.94. The Morgan fingerprint density at radius 1 is 1.25 bits per heavy atom. The van der Waals surface area contributed by atoms with Crippen molar-refractivity contribution in [2.45, 2.75) is 44.2 Å². The van der Waals surface area contributed by atoms with Crippen LogP contribution in [0.5, 0.6) is 0 Å². The molecule has 1 aromatic rings. The van der Waals surface area contributed by atoms with Gasteiger partial charge in [0.2, 0.25) is 0 Å². The summed E-state index contributed by atoms with van der Waals surface area (Å²) in [6.07, 6.45) is 6.23.